The summed E-state index contributed by atoms with van der Waals surface area (Å²) in [6.45, 7) is 1.46. The molecule has 0 aliphatic carbocycles. The van der Waals surface area contributed by atoms with E-state index in [4.69, 9.17) is 4.98 Å². The van der Waals surface area contributed by atoms with Crippen molar-refractivity contribution in [3.63, 3.8) is 0 Å². The number of imidazole rings is 1. The number of Topliss-reactive ketones (excluding diaryl/α,β-unsaturated/α-hetero) is 1. The Morgan fingerprint density at radius 3 is 2.74 bits per heavy atom. The van der Waals surface area contributed by atoms with Gasteiger partial charge in [0.25, 0.3) is 5.91 Å². The normalized spacial score (nSPS) is 13.0. The molecule has 0 radical (unpaired) electrons. The average molecular weight is 456 g/mol. The molecule has 34 heavy (non-hydrogen) atoms. The number of carbonyl (C=O) groups is 2. The van der Waals surface area contributed by atoms with Gasteiger partial charge in [0.2, 0.25) is 0 Å². The van der Waals surface area contributed by atoms with Gasteiger partial charge in [0.1, 0.15) is 5.82 Å². The van der Waals surface area contributed by atoms with Crippen molar-refractivity contribution in [2.45, 2.75) is 32.2 Å². The van der Waals surface area contributed by atoms with Crippen LogP contribution < -0.4 is 5.32 Å². The number of benzene rings is 2. The maximum absolute atomic E-state index is 13.6. The highest BCUT2D eigenvalue weighted by Gasteiger charge is 2.27. The number of nitrogens with zero attached hydrogens (tertiary/aromatic N) is 3. The standard InChI is InChI=1S/C27H29N5O2/c1-31(16-14-20-17-28-22-12-6-5-11-21(20)22)27(34)25-26(30-24-13-7-8-15-32(24)25)29-18-23(33)19-9-3-2-4-10-19/h2-6,9-12,17,28-29H,7-8,13-16,18H2,1H3. The van der Waals surface area contributed by atoms with E-state index < -0.39 is 0 Å². The number of aryl methyl sites for hydroxylation is 1. The molecule has 5 rings (SSSR count). The zero-order valence-electron chi connectivity index (χ0n) is 19.4. The lowest BCUT2D eigenvalue weighted by Gasteiger charge is -2.21. The first-order chi connectivity index (χ1) is 16.6. The van der Waals surface area contributed by atoms with Crippen LogP contribution in [0.15, 0.2) is 60.8 Å². The summed E-state index contributed by atoms with van der Waals surface area (Å²) in [5.74, 6) is 1.31. The lowest BCUT2D eigenvalue weighted by atomic mass is 10.1. The van der Waals surface area contributed by atoms with E-state index in [2.05, 4.69) is 22.4 Å². The van der Waals surface area contributed by atoms with Gasteiger partial charge in [-0.3, -0.25) is 9.59 Å². The van der Waals surface area contributed by atoms with E-state index in [9.17, 15) is 9.59 Å². The number of fused-ring (bicyclic) bond motifs is 2. The molecule has 2 N–H and O–H groups in total. The highest BCUT2D eigenvalue weighted by molar-refractivity contribution is 6.01. The molecule has 0 bridgehead atoms. The molecular formula is C27H29N5O2. The number of rotatable bonds is 8. The minimum Gasteiger partial charge on any atom is -0.361 e. The summed E-state index contributed by atoms with van der Waals surface area (Å²) in [4.78, 5) is 36.0. The van der Waals surface area contributed by atoms with Crippen molar-refractivity contribution < 1.29 is 9.59 Å². The van der Waals surface area contributed by atoms with Crippen LogP contribution in [0, 0.1) is 0 Å². The maximum Gasteiger partial charge on any atom is 0.274 e. The van der Waals surface area contributed by atoms with E-state index in [1.165, 1.54) is 10.9 Å². The molecule has 0 saturated heterocycles. The molecule has 1 amide bonds. The number of aromatic amines is 1. The van der Waals surface area contributed by atoms with Gasteiger partial charge in [-0.15, -0.1) is 0 Å². The van der Waals surface area contributed by atoms with Crippen LogP contribution in [0.4, 0.5) is 5.82 Å². The fourth-order valence-electron chi connectivity index (χ4n) is 4.62. The lowest BCUT2D eigenvalue weighted by Crippen LogP contribution is -2.32. The number of para-hydroxylation sites is 1. The second-order valence-electron chi connectivity index (χ2n) is 8.81. The summed E-state index contributed by atoms with van der Waals surface area (Å²) < 4.78 is 2.03. The predicted molar refractivity (Wildman–Crippen MR) is 133 cm³/mol. The predicted octanol–water partition coefficient (Wildman–Crippen LogP) is 4.31. The minimum absolute atomic E-state index is 0.0299. The van der Waals surface area contributed by atoms with E-state index in [1.807, 2.05) is 48.1 Å². The van der Waals surface area contributed by atoms with Crippen LogP contribution in [-0.2, 0) is 19.4 Å². The molecule has 3 heterocycles. The van der Waals surface area contributed by atoms with Gasteiger partial charge in [0, 0.05) is 49.2 Å². The SMILES string of the molecule is CN(CCc1c[nH]c2ccccc12)C(=O)c1c(NCC(=O)c2ccccc2)nc2n1CCCC2. The Morgan fingerprint density at radius 2 is 1.88 bits per heavy atom. The third-order valence-corrected chi connectivity index (χ3v) is 6.53. The van der Waals surface area contributed by atoms with Crippen molar-refractivity contribution in [1.82, 2.24) is 19.4 Å². The third-order valence-electron chi connectivity index (χ3n) is 6.53. The smallest absolute Gasteiger partial charge is 0.274 e. The molecule has 0 fully saturated rings. The Labute approximate surface area is 198 Å². The number of H-pyrrole nitrogens is 1. The van der Waals surface area contributed by atoms with Gasteiger partial charge >= 0.3 is 0 Å². The second-order valence-corrected chi connectivity index (χ2v) is 8.81. The molecule has 7 nitrogen and oxygen atoms in total. The van der Waals surface area contributed by atoms with Crippen molar-refractivity contribution in [2.75, 3.05) is 25.5 Å². The number of anilines is 1. The second kappa shape index (κ2) is 9.55. The lowest BCUT2D eigenvalue weighted by molar-refractivity contribution is 0.0785. The van der Waals surface area contributed by atoms with Gasteiger partial charge in [-0.05, 0) is 30.9 Å². The van der Waals surface area contributed by atoms with Crippen molar-refractivity contribution in [2.24, 2.45) is 0 Å². The van der Waals surface area contributed by atoms with Crippen LogP contribution >= 0.6 is 0 Å². The number of ketones is 1. The van der Waals surface area contributed by atoms with Gasteiger partial charge < -0.3 is 19.8 Å². The van der Waals surface area contributed by atoms with Crippen LogP contribution in [0.25, 0.3) is 10.9 Å². The monoisotopic (exact) mass is 455 g/mol. The minimum atomic E-state index is -0.0739. The topological polar surface area (TPSA) is 83.0 Å². The molecule has 174 valence electrons. The highest BCUT2D eigenvalue weighted by Crippen LogP contribution is 2.25. The molecule has 0 saturated carbocycles. The summed E-state index contributed by atoms with van der Waals surface area (Å²) in [6, 6.07) is 17.4. The summed E-state index contributed by atoms with van der Waals surface area (Å²) in [5.41, 5.74) is 3.49. The van der Waals surface area contributed by atoms with Gasteiger partial charge in [-0.2, -0.15) is 0 Å². The van der Waals surface area contributed by atoms with E-state index in [0.29, 0.717) is 23.6 Å². The maximum atomic E-state index is 13.6. The van der Waals surface area contributed by atoms with E-state index in [-0.39, 0.29) is 18.2 Å². The van der Waals surface area contributed by atoms with Crippen LogP contribution in [0.5, 0.6) is 0 Å². The molecule has 0 spiro atoms. The fourth-order valence-corrected chi connectivity index (χ4v) is 4.62. The number of nitrogens with one attached hydrogen (secondary N) is 2. The molecule has 7 heteroatoms. The number of hydrogen-bond donors (Lipinski definition) is 2. The summed E-state index contributed by atoms with van der Waals surface area (Å²) >= 11 is 0. The zero-order valence-corrected chi connectivity index (χ0v) is 19.4. The number of hydrogen-bond acceptors (Lipinski definition) is 4. The van der Waals surface area contributed by atoms with Crippen LogP contribution in [-0.4, -0.2) is 51.3 Å². The van der Waals surface area contributed by atoms with Gasteiger partial charge in [0.05, 0.1) is 6.54 Å². The molecule has 0 atom stereocenters. The Bertz CT molecular complexity index is 1320. The summed E-state index contributed by atoms with van der Waals surface area (Å²) in [6.07, 6.45) is 5.69. The first-order valence-electron chi connectivity index (χ1n) is 11.8. The number of aromatic nitrogens is 3. The van der Waals surface area contributed by atoms with Crippen LogP contribution in [0.1, 0.15) is 45.1 Å². The van der Waals surface area contributed by atoms with Gasteiger partial charge in [-0.1, -0.05) is 48.5 Å². The summed E-state index contributed by atoms with van der Waals surface area (Å²) in [7, 11) is 1.83. The van der Waals surface area contributed by atoms with Gasteiger partial charge in [0.15, 0.2) is 17.3 Å². The average Bonchev–Trinajstić information content (AvgIpc) is 3.47. The van der Waals surface area contributed by atoms with Crippen LogP contribution in [0.2, 0.25) is 0 Å². The van der Waals surface area contributed by atoms with Crippen molar-refractivity contribution in [1.29, 1.82) is 0 Å². The fraction of sp³-hybridized carbons (Fsp3) is 0.296. The molecular weight excluding hydrogens is 426 g/mol. The highest BCUT2D eigenvalue weighted by atomic mass is 16.2. The molecule has 1 aliphatic rings. The Kier molecular flexibility index (Phi) is 6.16. The first-order valence-corrected chi connectivity index (χ1v) is 11.8. The first kappa shape index (κ1) is 21.9. The molecule has 2 aromatic carbocycles. The molecule has 4 aromatic rings. The largest absolute Gasteiger partial charge is 0.361 e. The van der Waals surface area contributed by atoms with Crippen LogP contribution in [0.3, 0.4) is 0 Å². The molecule has 2 aromatic heterocycles. The zero-order chi connectivity index (χ0) is 23.5. The van der Waals surface area contributed by atoms with E-state index >= 15 is 0 Å². The molecule has 1 aliphatic heterocycles. The quantitative estimate of drug-likeness (QED) is 0.388. The summed E-state index contributed by atoms with van der Waals surface area (Å²) in [5, 5.41) is 4.35. The molecule has 0 unspecified atom stereocenters. The van der Waals surface area contributed by atoms with E-state index in [1.54, 1.807) is 17.0 Å². The Hall–Kier alpha value is -3.87. The number of likely N-dealkylation sites (N-methyl/N-ethyl adjacent to an activating group) is 1. The van der Waals surface area contributed by atoms with Crippen molar-refractivity contribution in [3.05, 3.63) is 83.4 Å². The van der Waals surface area contributed by atoms with Crippen molar-refractivity contribution in [3.8, 4) is 0 Å². The number of carbonyl (C=O) groups excluding carboxylic acids is 2. The van der Waals surface area contributed by atoms with E-state index in [0.717, 1.165) is 43.6 Å². The van der Waals surface area contributed by atoms with Crippen molar-refractivity contribution >= 4 is 28.4 Å². The Morgan fingerprint density at radius 1 is 1.09 bits per heavy atom. The number of amides is 1. The Balaban J connectivity index is 1.33. The third kappa shape index (κ3) is 4.33. The van der Waals surface area contributed by atoms with Gasteiger partial charge in [-0.25, -0.2) is 4.98 Å².